The number of nitrogens with two attached hydrogens (primary N) is 1. The molecule has 174 valence electrons. The van der Waals surface area contributed by atoms with Crippen molar-refractivity contribution in [1.82, 2.24) is 19.5 Å². The van der Waals surface area contributed by atoms with E-state index >= 15 is 0 Å². The van der Waals surface area contributed by atoms with E-state index in [0.717, 1.165) is 18.2 Å². The number of primary amides is 1. The maximum absolute atomic E-state index is 12.6. The summed E-state index contributed by atoms with van der Waals surface area (Å²) in [4.78, 5) is 39.0. The molecule has 0 aliphatic rings. The second-order valence-electron chi connectivity index (χ2n) is 7.34. The third kappa shape index (κ3) is 4.53. The van der Waals surface area contributed by atoms with E-state index in [1.54, 1.807) is 23.6 Å². The molecule has 0 aliphatic heterocycles. The number of methoxy groups -OCH3 is 2. The molecule has 4 heterocycles. The number of aryl methyl sites for hydroxylation is 2. The number of hydrogen-bond acceptors (Lipinski definition) is 8. The van der Waals surface area contributed by atoms with Crippen molar-refractivity contribution in [2.24, 2.45) is 5.73 Å². The summed E-state index contributed by atoms with van der Waals surface area (Å²) in [6, 6.07) is 7.85. The van der Waals surface area contributed by atoms with E-state index in [9.17, 15) is 9.59 Å². The number of fused-ring (bicyclic) bond motifs is 1. The summed E-state index contributed by atoms with van der Waals surface area (Å²) < 4.78 is 12.3. The van der Waals surface area contributed by atoms with E-state index in [-0.39, 0.29) is 28.6 Å². The molecule has 9 nitrogen and oxygen atoms in total. The lowest BCUT2D eigenvalue weighted by Crippen LogP contribution is -2.16. The summed E-state index contributed by atoms with van der Waals surface area (Å²) in [5.74, 6) is -0.741. The SMILES string of the molecule is COc1ncc(/C(C(N)=O)=C(/C=O)c2cn(CCCc3cccs3)c3ncccc23)c(OC)n1. The Bertz CT molecular complexity index is 1360. The lowest BCUT2D eigenvalue weighted by Gasteiger charge is -2.12. The van der Waals surface area contributed by atoms with Crippen LogP contribution in [0.5, 0.6) is 11.9 Å². The van der Waals surface area contributed by atoms with Crippen molar-refractivity contribution >= 4 is 45.7 Å². The predicted molar refractivity (Wildman–Crippen MR) is 130 cm³/mol. The number of aromatic nitrogens is 4. The molecule has 0 fully saturated rings. The average Bonchev–Trinajstić information content (AvgIpc) is 3.50. The van der Waals surface area contributed by atoms with E-state index in [1.165, 1.54) is 25.3 Å². The Kier molecular flexibility index (Phi) is 6.98. The second-order valence-corrected chi connectivity index (χ2v) is 8.38. The topological polar surface area (TPSA) is 122 Å². The Morgan fingerprint density at radius 2 is 2.03 bits per heavy atom. The van der Waals surface area contributed by atoms with Crippen LogP contribution in [0.4, 0.5) is 0 Å². The Balaban J connectivity index is 1.83. The van der Waals surface area contributed by atoms with Gasteiger partial charge in [-0.25, -0.2) is 9.97 Å². The summed E-state index contributed by atoms with van der Waals surface area (Å²) in [6.45, 7) is 0.693. The van der Waals surface area contributed by atoms with Crippen LogP contribution in [-0.2, 0) is 22.6 Å². The molecule has 0 radical (unpaired) electrons. The smallest absolute Gasteiger partial charge is 0.319 e. The average molecular weight is 478 g/mol. The highest BCUT2D eigenvalue weighted by Crippen LogP contribution is 2.34. The van der Waals surface area contributed by atoms with Crippen LogP contribution in [-0.4, -0.2) is 45.9 Å². The Hall–Kier alpha value is -4.05. The van der Waals surface area contributed by atoms with Crippen LogP contribution in [0.2, 0.25) is 0 Å². The molecule has 0 saturated carbocycles. The zero-order valence-electron chi connectivity index (χ0n) is 18.7. The monoisotopic (exact) mass is 477 g/mol. The van der Waals surface area contributed by atoms with Crippen molar-refractivity contribution in [3.63, 3.8) is 0 Å². The molecule has 10 heteroatoms. The molecule has 2 N–H and O–H groups in total. The van der Waals surface area contributed by atoms with Crippen LogP contribution in [0.1, 0.15) is 22.4 Å². The fourth-order valence-corrected chi connectivity index (χ4v) is 4.58. The standard InChI is InChI=1S/C24H23N5O4S/c1-32-23-17(12-27-24(28-23)33-2)20(21(25)31)19(14-30)18-13-29(22-16(18)8-3-9-26-22)10-4-6-15-7-5-11-34-15/h3,5,7-9,11-14H,4,6,10H2,1-2H3,(H2,25,31)/b20-19+. The van der Waals surface area contributed by atoms with Crippen molar-refractivity contribution in [2.45, 2.75) is 19.4 Å². The van der Waals surface area contributed by atoms with E-state index in [0.29, 0.717) is 24.0 Å². The summed E-state index contributed by atoms with van der Waals surface area (Å²) in [5.41, 5.74) is 7.25. The highest BCUT2D eigenvalue weighted by Gasteiger charge is 2.24. The van der Waals surface area contributed by atoms with Crippen molar-refractivity contribution in [3.05, 3.63) is 64.2 Å². The minimum Gasteiger partial charge on any atom is -0.480 e. The molecule has 0 unspecified atom stereocenters. The van der Waals surface area contributed by atoms with Crippen LogP contribution in [0.3, 0.4) is 0 Å². The summed E-state index contributed by atoms with van der Waals surface area (Å²) >= 11 is 1.72. The minimum atomic E-state index is -0.809. The zero-order valence-corrected chi connectivity index (χ0v) is 19.5. The molecule has 34 heavy (non-hydrogen) atoms. The molecule has 0 aliphatic carbocycles. The molecule has 4 aromatic heterocycles. The van der Waals surface area contributed by atoms with Crippen LogP contribution < -0.4 is 15.2 Å². The normalized spacial score (nSPS) is 11.8. The first kappa shape index (κ1) is 23.1. The van der Waals surface area contributed by atoms with Gasteiger partial charge < -0.3 is 19.8 Å². The molecule has 0 saturated heterocycles. The first-order valence-electron chi connectivity index (χ1n) is 10.5. The molecule has 1 amide bonds. The van der Waals surface area contributed by atoms with Crippen LogP contribution in [0.25, 0.3) is 22.2 Å². The Labute approximate surface area is 199 Å². The Morgan fingerprint density at radius 1 is 1.18 bits per heavy atom. The van der Waals surface area contributed by atoms with Gasteiger partial charge in [-0.15, -0.1) is 11.3 Å². The highest BCUT2D eigenvalue weighted by atomic mass is 32.1. The summed E-state index contributed by atoms with van der Waals surface area (Å²) in [5, 5.41) is 2.79. The molecule has 0 aromatic carbocycles. The highest BCUT2D eigenvalue weighted by molar-refractivity contribution is 7.09. The number of thiophene rings is 1. The molecular weight excluding hydrogens is 454 g/mol. The second kappa shape index (κ2) is 10.3. The van der Waals surface area contributed by atoms with Crippen molar-refractivity contribution < 1.29 is 19.1 Å². The van der Waals surface area contributed by atoms with Gasteiger partial charge in [-0.3, -0.25) is 9.59 Å². The van der Waals surface area contributed by atoms with E-state index in [1.807, 2.05) is 22.9 Å². The number of rotatable bonds is 10. The van der Waals surface area contributed by atoms with Crippen molar-refractivity contribution in [2.75, 3.05) is 14.2 Å². The molecule has 4 aromatic rings. The number of nitrogens with zero attached hydrogens (tertiary/aromatic N) is 4. The van der Waals surface area contributed by atoms with Gasteiger partial charge in [0.15, 0.2) is 6.29 Å². The lowest BCUT2D eigenvalue weighted by atomic mass is 9.96. The van der Waals surface area contributed by atoms with Gasteiger partial charge in [-0.05, 0) is 36.4 Å². The third-order valence-corrected chi connectivity index (χ3v) is 6.27. The van der Waals surface area contributed by atoms with Crippen molar-refractivity contribution in [1.29, 1.82) is 0 Å². The fraction of sp³-hybridized carbons (Fsp3) is 0.208. The molecule has 4 rings (SSSR count). The molecule has 0 spiro atoms. The number of allylic oxidation sites excluding steroid dienone is 1. The number of amides is 1. The maximum Gasteiger partial charge on any atom is 0.319 e. The van der Waals surface area contributed by atoms with Gasteiger partial charge in [-0.1, -0.05) is 6.07 Å². The molecule has 0 bridgehead atoms. The maximum atomic E-state index is 12.6. The van der Waals surface area contributed by atoms with Crippen LogP contribution in [0, 0.1) is 0 Å². The Morgan fingerprint density at radius 3 is 2.71 bits per heavy atom. The number of hydrogen-bond donors (Lipinski definition) is 1. The number of carbonyl (C=O) groups is 2. The van der Waals surface area contributed by atoms with Gasteiger partial charge in [0.05, 0.1) is 25.4 Å². The molecule has 0 atom stereocenters. The minimum absolute atomic E-state index is 0.0454. The van der Waals surface area contributed by atoms with E-state index in [4.69, 9.17) is 15.2 Å². The van der Waals surface area contributed by atoms with Gasteiger partial charge in [-0.2, -0.15) is 4.98 Å². The number of ether oxygens (including phenoxy) is 2. The number of aldehydes is 1. The summed E-state index contributed by atoms with van der Waals surface area (Å²) in [6.07, 6.45) is 7.32. The number of carbonyl (C=O) groups excluding carboxylic acids is 2. The third-order valence-electron chi connectivity index (χ3n) is 5.34. The van der Waals surface area contributed by atoms with E-state index in [2.05, 4.69) is 26.4 Å². The lowest BCUT2D eigenvalue weighted by molar-refractivity contribution is -0.113. The zero-order chi connectivity index (χ0) is 24.1. The van der Waals surface area contributed by atoms with Crippen molar-refractivity contribution in [3.8, 4) is 11.9 Å². The first-order valence-corrected chi connectivity index (χ1v) is 11.4. The van der Waals surface area contributed by atoms with Crippen LogP contribution in [0.15, 0.2) is 48.2 Å². The summed E-state index contributed by atoms with van der Waals surface area (Å²) in [7, 11) is 2.81. The van der Waals surface area contributed by atoms with Gasteiger partial charge in [0.25, 0.3) is 0 Å². The molecular formula is C24H23N5O4S. The predicted octanol–water partition coefficient (Wildman–Crippen LogP) is 3.13. The van der Waals surface area contributed by atoms with Crippen LogP contribution >= 0.6 is 11.3 Å². The fourth-order valence-electron chi connectivity index (χ4n) is 3.83. The quantitative estimate of drug-likeness (QED) is 0.275. The largest absolute Gasteiger partial charge is 0.480 e. The van der Waals surface area contributed by atoms with Gasteiger partial charge >= 0.3 is 6.01 Å². The van der Waals surface area contributed by atoms with Gasteiger partial charge in [0.1, 0.15) is 5.65 Å². The first-order chi connectivity index (χ1) is 16.6. The number of pyridine rings is 1. The van der Waals surface area contributed by atoms with Gasteiger partial charge in [0.2, 0.25) is 11.8 Å². The van der Waals surface area contributed by atoms with E-state index < -0.39 is 5.91 Å². The van der Waals surface area contributed by atoms with Gasteiger partial charge in [0, 0.05) is 46.5 Å².